The van der Waals surface area contributed by atoms with Gasteiger partial charge >= 0.3 is 0 Å². The van der Waals surface area contributed by atoms with Gasteiger partial charge in [-0.2, -0.15) is 0 Å². The van der Waals surface area contributed by atoms with Crippen LogP contribution in [0.1, 0.15) is 52.9 Å². The first kappa shape index (κ1) is 12.9. The second kappa shape index (κ2) is 6.39. The van der Waals surface area contributed by atoms with Gasteiger partial charge in [-0.05, 0) is 19.3 Å². The van der Waals surface area contributed by atoms with Crippen molar-refractivity contribution < 1.29 is 9.84 Å². The Labute approximate surface area is 82.3 Å². The number of methoxy groups -OCH3 is 1. The molecule has 2 heteroatoms. The molecule has 0 amide bonds. The Morgan fingerprint density at radius 3 is 2.08 bits per heavy atom. The first-order valence-corrected chi connectivity index (χ1v) is 5.40. The molecule has 0 rings (SSSR count). The van der Waals surface area contributed by atoms with Crippen LogP contribution in [0.2, 0.25) is 0 Å². The molecule has 0 heterocycles. The Balaban J connectivity index is 4.17. The largest absolute Gasteiger partial charge is 0.390 e. The van der Waals surface area contributed by atoms with Crippen molar-refractivity contribution in [3.05, 3.63) is 0 Å². The first-order valence-electron chi connectivity index (χ1n) is 5.40. The van der Waals surface area contributed by atoms with Crippen molar-refractivity contribution in [1.82, 2.24) is 0 Å². The van der Waals surface area contributed by atoms with Gasteiger partial charge in [-0.1, -0.05) is 33.6 Å². The van der Waals surface area contributed by atoms with Crippen molar-refractivity contribution in [1.29, 1.82) is 0 Å². The van der Waals surface area contributed by atoms with Crippen molar-refractivity contribution in [3.63, 3.8) is 0 Å². The quantitative estimate of drug-likeness (QED) is 0.665. The van der Waals surface area contributed by atoms with Gasteiger partial charge in [-0.25, -0.2) is 0 Å². The molecule has 0 aromatic rings. The summed E-state index contributed by atoms with van der Waals surface area (Å²) in [7, 11) is 1.70. The molecule has 80 valence electrons. The molecule has 0 saturated carbocycles. The highest BCUT2D eigenvalue weighted by molar-refractivity contribution is 4.85. The second-order valence-corrected chi connectivity index (χ2v) is 3.63. The number of hydrogen-bond donors (Lipinski definition) is 1. The number of aliphatic hydroxyl groups is 1. The third kappa shape index (κ3) is 3.28. The molecule has 1 N–H and O–H groups in total. The van der Waals surface area contributed by atoms with Crippen molar-refractivity contribution in [2.24, 2.45) is 0 Å². The van der Waals surface area contributed by atoms with Gasteiger partial charge in [0.2, 0.25) is 0 Å². The second-order valence-electron chi connectivity index (χ2n) is 3.63. The number of aliphatic hydroxyl groups excluding tert-OH is 1. The third-order valence-electron chi connectivity index (χ3n) is 3.04. The molecular weight excluding hydrogens is 164 g/mol. The molecule has 0 aliphatic rings. The molecule has 0 fully saturated rings. The van der Waals surface area contributed by atoms with Crippen molar-refractivity contribution in [2.75, 3.05) is 7.11 Å². The number of unbranched alkanes of at least 4 members (excludes halogenated alkanes) is 1. The molecular formula is C11H24O2. The zero-order valence-corrected chi connectivity index (χ0v) is 9.47. The lowest BCUT2D eigenvalue weighted by atomic mass is 9.87. The van der Waals surface area contributed by atoms with Crippen molar-refractivity contribution >= 4 is 0 Å². The molecule has 0 aromatic heterocycles. The summed E-state index contributed by atoms with van der Waals surface area (Å²) in [6.45, 7) is 6.28. The van der Waals surface area contributed by atoms with Crippen LogP contribution in [0.4, 0.5) is 0 Å². The maximum Gasteiger partial charge on any atom is 0.0931 e. The minimum atomic E-state index is -0.313. The molecule has 0 aliphatic carbocycles. The molecule has 0 saturated heterocycles. The van der Waals surface area contributed by atoms with Crippen LogP contribution in [0.15, 0.2) is 0 Å². The van der Waals surface area contributed by atoms with Gasteiger partial charge in [0.15, 0.2) is 0 Å². The summed E-state index contributed by atoms with van der Waals surface area (Å²) in [6, 6.07) is 0. The van der Waals surface area contributed by atoms with Gasteiger partial charge in [-0.15, -0.1) is 0 Å². The smallest absolute Gasteiger partial charge is 0.0931 e. The molecule has 0 aromatic carbocycles. The van der Waals surface area contributed by atoms with E-state index in [9.17, 15) is 5.11 Å². The fourth-order valence-electron chi connectivity index (χ4n) is 1.81. The molecule has 0 bridgehead atoms. The lowest BCUT2D eigenvalue weighted by molar-refractivity contribution is -0.110. The number of ether oxygens (including phenoxy) is 1. The minimum absolute atomic E-state index is 0.310. The normalized spacial score (nSPS) is 14.5. The highest BCUT2D eigenvalue weighted by Crippen LogP contribution is 2.26. The average Bonchev–Trinajstić information content (AvgIpc) is 2.18. The van der Waals surface area contributed by atoms with E-state index in [1.54, 1.807) is 7.11 Å². The van der Waals surface area contributed by atoms with E-state index in [1.807, 2.05) is 0 Å². The fraction of sp³-hybridized carbons (Fsp3) is 1.00. The van der Waals surface area contributed by atoms with Crippen LogP contribution in [-0.2, 0) is 4.74 Å². The average molecular weight is 188 g/mol. The highest BCUT2D eigenvalue weighted by Gasteiger charge is 2.33. The van der Waals surface area contributed by atoms with Crippen LogP contribution in [0, 0.1) is 0 Å². The van der Waals surface area contributed by atoms with Crippen LogP contribution in [0.5, 0.6) is 0 Å². The summed E-state index contributed by atoms with van der Waals surface area (Å²) in [6.07, 6.45) is 4.51. The summed E-state index contributed by atoms with van der Waals surface area (Å²) < 4.78 is 5.45. The Morgan fingerprint density at radius 2 is 1.77 bits per heavy atom. The van der Waals surface area contributed by atoms with Crippen molar-refractivity contribution in [2.45, 2.75) is 64.6 Å². The zero-order chi connectivity index (χ0) is 10.3. The molecule has 0 spiro atoms. The van der Waals surface area contributed by atoms with Crippen molar-refractivity contribution in [3.8, 4) is 0 Å². The zero-order valence-electron chi connectivity index (χ0n) is 9.47. The third-order valence-corrected chi connectivity index (χ3v) is 3.04. The van der Waals surface area contributed by atoms with Crippen LogP contribution in [-0.4, -0.2) is 23.9 Å². The van der Waals surface area contributed by atoms with E-state index in [2.05, 4.69) is 20.8 Å². The van der Waals surface area contributed by atoms with E-state index in [1.165, 1.54) is 0 Å². The van der Waals surface area contributed by atoms with Gasteiger partial charge in [0, 0.05) is 7.11 Å². The topological polar surface area (TPSA) is 29.5 Å². The number of rotatable bonds is 7. The SMILES string of the molecule is CCCCC(O)C(CC)(CC)OC. The molecule has 13 heavy (non-hydrogen) atoms. The van der Waals surface area contributed by atoms with E-state index >= 15 is 0 Å². The molecule has 0 radical (unpaired) electrons. The Morgan fingerprint density at radius 1 is 1.23 bits per heavy atom. The van der Waals surface area contributed by atoms with E-state index in [0.29, 0.717) is 0 Å². The van der Waals surface area contributed by atoms with E-state index in [-0.39, 0.29) is 11.7 Å². The summed E-state index contributed by atoms with van der Waals surface area (Å²) >= 11 is 0. The minimum Gasteiger partial charge on any atom is -0.390 e. The molecule has 1 unspecified atom stereocenters. The highest BCUT2D eigenvalue weighted by atomic mass is 16.5. The fourth-order valence-corrected chi connectivity index (χ4v) is 1.81. The predicted octanol–water partition coefficient (Wildman–Crippen LogP) is 2.74. The number of hydrogen-bond acceptors (Lipinski definition) is 2. The molecule has 0 aliphatic heterocycles. The Hall–Kier alpha value is -0.0800. The molecule has 1 atom stereocenters. The summed E-state index contributed by atoms with van der Waals surface area (Å²) in [5.41, 5.74) is -0.310. The Bertz CT molecular complexity index is 111. The summed E-state index contributed by atoms with van der Waals surface area (Å²) in [5.74, 6) is 0. The maximum atomic E-state index is 9.97. The van der Waals surface area contributed by atoms with E-state index < -0.39 is 0 Å². The van der Waals surface area contributed by atoms with E-state index in [0.717, 1.165) is 32.1 Å². The van der Waals surface area contributed by atoms with Crippen LogP contribution in [0.25, 0.3) is 0 Å². The van der Waals surface area contributed by atoms with Gasteiger partial charge in [0.25, 0.3) is 0 Å². The van der Waals surface area contributed by atoms with E-state index in [4.69, 9.17) is 4.74 Å². The van der Waals surface area contributed by atoms with Crippen LogP contribution < -0.4 is 0 Å². The molecule has 2 nitrogen and oxygen atoms in total. The maximum absolute atomic E-state index is 9.97. The van der Waals surface area contributed by atoms with Gasteiger partial charge in [0.1, 0.15) is 0 Å². The Kier molecular flexibility index (Phi) is 6.35. The first-order chi connectivity index (χ1) is 6.16. The van der Waals surface area contributed by atoms with Crippen LogP contribution in [0.3, 0.4) is 0 Å². The lowest BCUT2D eigenvalue weighted by Crippen LogP contribution is -2.43. The standard InChI is InChI=1S/C11H24O2/c1-5-8-9-10(12)11(6-2,7-3)13-4/h10,12H,5-9H2,1-4H3. The monoisotopic (exact) mass is 188 g/mol. The summed E-state index contributed by atoms with van der Waals surface area (Å²) in [4.78, 5) is 0. The predicted molar refractivity (Wildman–Crippen MR) is 55.9 cm³/mol. The summed E-state index contributed by atoms with van der Waals surface area (Å²) in [5, 5.41) is 9.97. The van der Waals surface area contributed by atoms with Gasteiger partial charge < -0.3 is 9.84 Å². The van der Waals surface area contributed by atoms with Gasteiger partial charge in [-0.3, -0.25) is 0 Å². The lowest BCUT2D eigenvalue weighted by Gasteiger charge is -2.35. The van der Waals surface area contributed by atoms with Gasteiger partial charge in [0.05, 0.1) is 11.7 Å². The van der Waals surface area contributed by atoms with Crippen LogP contribution >= 0.6 is 0 Å².